The zero-order valence-electron chi connectivity index (χ0n) is 12.2. The first-order chi connectivity index (χ1) is 11.0. The zero-order chi connectivity index (χ0) is 16.6. The molecule has 2 aromatic carbocycles. The Balaban J connectivity index is 1.86. The molecule has 0 saturated heterocycles. The number of aromatic amines is 1. The molecular weight excluding hydrogens is 322 g/mol. The normalized spacial score (nSPS) is 12.3. The summed E-state index contributed by atoms with van der Waals surface area (Å²) in [5, 5.41) is 3.70. The van der Waals surface area contributed by atoms with Gasteiger partial charge in [-0.05, 0) is 19.1 Å². The smallest absolute Gasteiger partial charge is 0.269 e. The largest absolute Gasteiger partial charge is 0.349 e. The molecule has 0 saturated carbocycles. The predicted octanol–water partition coefficient (Wildman–Crippen LogP) is 4.59. The first-order valence-corrected chi connectivity index (χ1v) is 7.37. The van der Waals surface area contributed by atoms with Gasteiger partial charge in [0.1, 0.15) is 17.3 Å². The average Bonchev–Trinajstić information content (AvgIpc) is 2.85. The van der Waals surface area contributed by atoms with Crippen LogP contribution in [0.1, 0.15) is 29.0 Å². The van der Waals surface area contributed by atoms with Crippen LogP contribution >= 0.6 is 11.6 Å². The number of rotatable bonds is 3. The molecule has 1 amide bonds. The molecule has 23 heavy (non-hydrogen) atoms. The Labute approximate surface area is 136 Å². The summed E-state index contributed by atoms with van der Waals surface area (Å²) in [6.07, 6.45) is 0. The number of fused-ring (bicyclic) bond motifs is 1. The standard InChI is InChI=1S/C17H13ClF2N2O/c1-9(11-7-6-10(19)8-13(11)20)21-17(23)16-15(18)12-4-2-3-5-14(12)22-16/h2-9,22H,1H3,(H,21,23). The summed E-state index contributed by atoms with van der Waals surface area (Å²) >= 11 is 6.22. The third-order valence-electron chi connectivity index (χ3n) is 3.65. The summed E-state index contributed by atoms with van der Waals surface area (Å²) in [5.74, 6) is -1.83. The van der Waals surface area contributed by atoms with Gasteiger partial charge in [0, 0.05) is 22.5 Å². The Kier molecular flexibility index (Phi) is 4.05. The topological polar surface area (TPSA) is 44.9 Å². The lowest BCUT2D eigenvalue weighted by molar-refractivity contribution is 0.0935. The second kappa shape index (κ2) is 6.01. The maximum Gasteiger partial charge on any atom is 0.269 e. The monoisotopic (exact) mass is 334 g/mol. The van der Waals surface area contributed by atoms with Crippen molar-refractivity contribution in [3.05, 3.63) is 70.4 Å². The quantitative estimate of drug-likeness (QED) is 0.723. The van der Waals surface area contributed by atoms with Crippen molar-refractivity contribution in [1.29, 1.82) is 0 Å². The minimum atomic E-state index is -0.708. The van der Waals surface area contributed by atoms with Crippen LogP contribution in [0.3, 0.4) is 0 Å². The van der Waals surface area contributed by atoms with Gasteiger partial charge in [0.25, 0.3) is 5.91 Å². The molecule has 0 bridgehead atoms. The van der Waals surface area contributed by atoms with Crippen molar-refractivity contribution in [1.82, 2.24) is 10.3 Å². The van der Waals surface area contributed by atoms with Crippen LogP contribution < -0.4 is 5.32 Å². The molecule has 0 aliphatic rings. The van der Waals surface area contributed by atoms with E-state index in [1.807, 2.05) is 12.1 Å². The van der Waals surface area contributed by atoms with Crippen LogP contribution in [0.25, 0.3) is 10.9 Å². The molecule has 2 N–H and O–H groups in total. The summed E-state index contributed by atoms with van der Waals surface area (Å²) in [4.78, 5) is 15.3. The number of nitrogens with one attached hydrogen (secondary N) is 2. The molecule has 0 aliphatic heterocycles. The number of carbonyl (C=O) groups is 1. The molecule has 3 nitrogen and oxygen atoms in total. The van der Waals surface area contributed by atoms with Crippen molar-refractivity contribution in [2.24, 2.45) is 0 Å². The van der Waals surface area contributed by atoms with Crippen LogP contribution in [0, 0.1) is 11.6 Å². The molecule has 0 spiro atoms. The van der Waals surface area contributed by atoms with Gasteiger partial charge in [-0.2, -0.15) is 0 Å². The van der Waals surface area contributed by atoms with E-state index in [9.17, 15) is 13.6 Å². The Hall–Kier alpha value is -2.40. The fourth-order valence-electron chi connectivity index (χ4n) is 2.46. The van der Waals surface area contributed by atoms with Gasteiger partial charge in [-0.3, -0.25) is 4.79 Å². The molecule has 1 unspecified atom stereocenters. The van der Waals surface area contributed by atoms with Crippen LogP contribution in [-0.2, 0) is 0 Å². The summed E-state index contributed by atoms with van der Waals surface area (Å²) in [6.45, 7) is 1.62. The Bertz CT molecular complexity index is 891. The fraction of sp³-hybridized carbons (Fsp3) is 0.118. The minimum absolute atomic E-state index is 0.201. The molecule has 0 fully saturated rings. The van der Waals surface area contributed by atoms with Gasteiger partial charge >= 0.3 is 0 Å². The molecule has 6 heteroatoms. The SMILES string of the molecule is CC(NC(=O)c1[nH]c2ccccc2c1Cl)c1ccc(F)cc1F. The highest BCUT2D eigenvalue weighted by Gasteiger charge is 2.20. The van der Waals surface area contributed by atoms with E-state index >= 15 is 0 Å². The minimum Gasteiger partial charge on any atom is -0.349 e. The molecule has 0 radical (unpaired) electrons. The van der Waals surface area contributed by atoms with Crippen molar-refractivity contribution >= 4 is 28.4 Å². The molecule has 3 rings (SSSR count). The zero-order valence-corrected chi connectivity index (χ0v) is 12.9. The highest BCUT2D eigenvalue weighted by Crippen LogP contribution is 2.27. The summed E-state index contributed by atoms with van der Waals surface area (Å²) in [7, 11) is 0. The Morgan fingerprint density at radius 3 is 2.65 bits per heavy atom. The summed E-state index contributed by atoms with van der Waals surface area (Å²) in [6, 6.07) is 9.86. The summed E-state index contributed by atoms with van der Waals surface area (Å²) < 4.78 is 26.7. The van der Waals surface area contributed by atoms with Gasteiger partial charge in [-0.1, -0.05) is 35.9 Å². The number of H-pyrrole nitrogens is 1. The predicted molar refractivity (Wildman–Crippen MR) is 85.5 cm³/mol. The van der Waals surface area contributed by atoms with E-state index in [2.05, 4.69) is 10.3 Å². The van der Waals surface area contributed by atoms with E-state index in [1.165, 1.54) is 6.07 Å². The number of aromatic nitrogens is 1. The van der Waals surface area contributed by atoms with Crippen molar-refractivity contribution in [2.45, 2.75) is 13.0 Å². The average molecular weight is 335 g/mol. The maximum absolute atomic E-state index is 13.8. The number of carbonyl (C=O) groups excluding carboxylic acids is 1. The van der Waals surface area contributed by atoms with Crippen molar-refractivity contribution in [3.8, 4) is 0 Å². The van der Waals surface area contributed by atoms with Gasteiger partial charge in [0.15, 0.2) is 0 Å². The van der Waals surface area contributed by atoms with Crippen LogP contribution in [0.2, 0.25) is 5.02 Å². The van der Waals surface area contributed by atoms with Gasteiger partial charge in [-0.25, -0.2) is 8.78 Å². The van der Waals surface area contributed by atoms with E-state index < -0.39 is 23.6 Å². The fourth-order valence-corrected chi connectivity index (χ4v) is 2.76. The number of benzene rings is 2. The van der Waals surface area contributed by atoms with Crippen LogP contribution in [0.5, 0.6) is 0 Å². The van der Waals surface area contributed by atoms with Crippen LogP contribution in [0.4, 0.5) is 8.78 Å². The number of hydrogen-bond acceptors (Lipinski definition) is 1. The van der Waals surface area contributed by atoms with Crippen molar-refractivity contribution in [2.75, 3.05) is 0 Å². The molecule has 0 aliphatic carbocycles. The Morgan fingerprint density at radius 2 is 1.96 bits per heavy atom. The molecule has 118 valence electrons. The maximum atomic E-state index is 13.8. The van der Waals surface area contributed by atoms with Crippen LogP contribution in [0.15, 0.2) is 42.5 Å². The lowest BCUT2D eigenvalue weighted by atomic mass is 10.1. The van der Waals surface area contributed by atoms with E-state index in [4.69, 9.17) is 11.6 Å². The number of para-hydroxylation sites is 1. The van der Waals surface area contributed by atoms with E-state index in [0.29, 0.717) is 5.02 Å². The summed E-state index contributed by atoms with van der Waals surface area (Å²) in [5.41, 5.74) is 1.15. The van der Waals surface area contributed by atoms with Gasteiger partial charge in [0.2, 0.25) is 0 Å². The molecule has 1 aromatic heterocycles. The van der Waals surface area contributed by atoms with Crippen molar-refractivity contribution in [3.63, 3.8) is 0 Å². The number of hydrogen-bond donors (Lipinski definition) is 2. The Morgan fingerprint density at radius 1 is 1.22 bits per heavy atom. The van der Waals surface area contributed by atoms with Gasteiger partial charge in [0.05, 0.1) is 11.1 Å². The lowest BCUT2D eigenvalue weighted by Crippen LogP contribution is -2.27. The first-order valence-electron chi connectivity index (χ1n) is 6.99. The molecule has 1 atom stereocenters. The van der Waals surface area contributed by atoms with Crippen molar-refractivity contribution < 1.29 is 13.6 Å². The third-order valence-corrected chi connectivity index (χ3v) is 4.04. The second-order valence-corrected chi connectivity index (χ2v) is 5.60. The number of amides is 1. The molecule has 3 aromatic rings. The van der Waals surface area contributed by atoms with Crippen LogP contribution in [-0.4, -0.2) is 10.9 Å². The molecular formula is C17H13ClF2N2O. The highest BCUT2D eigenvalue weighted by molar-refractivity contribution is 6.38. The van der Waals surface area contributed by atoms with Gasteiger partial charge < -0.3 is 10.3 Å². The number of halogens is 3. The lowest BCUT2D eigenvalue weighted by Gasteiger charge is -2.14. The third kappa shape index (κ3) is 2.92. The van der Waals surface area contributed by atoms with E-state index in [-0.39, 0.29) is 11.3 Å². The van der Waals surface area contributed by atoms with Gasteiger partial charge in [-0.15, -0.1) is 0 Å². The van der Waals surface area contributed by atoms with E-state index in [1.54, 1.807) is 19.1 Å². The highest BCUT2D eigenvalue weighted by atomic mass is 35.5. The molecule has 1 heterocycles. The first kappa shape index (κ1) is 15.5. The second-order valence-electron chi connectivity index (χ2n) is 5.22. The van der Waals surface area contributed by atoms with E-state index in [0.717, 1.165) is 23.0 Å².